The third-order valence-corrected chi connectivity index (χ3v) is 2.80. The fraction of sp³-hybridized carbons (Fsp3) is 0.429. The Hall–Kier alpha value is -2.02. The van der Waals surface area contributed by atoms with Gasteiger partial charge < -0.3 is 10.2 Å². The number of nitriles is 1. The molecule has 0 bridgehead atoms. The van der Waals surface area contributed by atoms with Gasteiger partial charge in [0, 0.05) is 25.5 Å². The summed E-state index contributed by atoms with van der Waals surface area (Å²) in [5.41, 5.74) is 1.86. The summed E-state index contributed by atoms with van der Waals surface area (Å²) in [4.78, 5) is 13.9. The fourth-order valence-corrected chi connectivity index (χ4v) is 1.51. The standard InChI is InChI=1S/C14H19N3O/c1-10-6-7-11(8-12(10)17(4)5)16-13(18)14(2,3)9-15/h6-8H,1-5H3,(H,16,18). The van der Waals surface area contributed by atoms with Gasteiger partial charge in [-0.1, -0.05) is 6.07 Å². The molecular formula is C14H19N3O. The molecule has 0 atom stereocenters. The minimum Gasteiger partial charge on any atom is -0.377 e. The molecule has 1 aromatic carbocycles. The van der Waals surface area contributed by atoms with E-state index in [0.717, 1.165) is 11.3 Å². The van der Waals surface area contributed by atoms with Crippen molar-refractivity contribution in [2.24, 2.45) is 5.41 Å². The SMILES string of the molecule is Cc1ccc(NC(=O)C(C)(C)C#N)cc1N(C)C. The first kappa shape index (κ1) is 14.0. The number of hydrogen-bond donors (Lipinski definition) is 1. The maximum atomic E-state index is 11.9. The van der Waals surface area contributed by atoms with Crippen LogP contribution in [0.2, 0.25) is 0 Å². The zero-order valence-corrected chi connectivity index (χ0v) is 11.5. The second-order valence-corrected chi connectivity index (χ2v) is 5.09. The smallest absolute Gasteiger partial charge is 0.244 e. The Morgan fingerprint density at radius 2 is 2.00 bits per heavy atom. The van der Waals surface area contributed by atoms with Crippen LogP contribution in [0.15, 0.2) is 18.2 Å². The number of hydrogen-bond acceptors (Lipinski definition) is 3. The van der Waals surface area contributed by atoms with Crippen molar-refractivity contribution in [3.63, 3.8) is 0 Å². The lowest BCUT2D eigenvalue weighted by Crippen LogP contribution is -2.29. The molecule has 0 aliphatic rings. The Balaban J connectivity index is 2.97. The molecular weight excluding hydrogens is 226 g/mol. The van der Waals surface area contributed by atoms with E-state index in [1.54, 1.807) is 13.8 Å². The highest BCUT2D eigenvalue weighted by molar-refractivity contribution is 5.97. The number of aryl methyl sites for hydroxylation is 1. The molecule has 1 aromatic rings. The van der Waals surface area contributed by atoms with Crippen molar-refractivity contribution in [2.75, 3.05) is 24.3 Å². The summed E-state index contributed by atoms with van der Waals surface area (Å²) in [6, 6.07) is 7.68. The van der Waals surface area contributed by atoms with Crippen LogP contribution in [0, 0.1) is 23.7 Å². The largest absolute Gasteiger partial charge is 0.377 e. The van der Waals surface area contributed by atoms with Crippen LogP contribution >= 0.6 is 0 Å². The maximum absolute atomic E-state index is 11.9. The van der Waals surface area contributed by atoms with E-state index < -0.39 is 5.41 Å². The zero-order chi connectivity index (χ0) is 13.9. The highest BCUT2D eigenvalue weighted by atomic mass is 16.2. The minimum absolute atomic E-state index is 0.293. The quantitative estimate of drug-likeness (QED) is 0.890. The Kier molecular flexibility index (Phi) is 3.97. The molecule has 0 radical (unpaired) electrons. The Labute approximate surface area is 108 Å². The predicted molar refractivity (Wildman–Crippen MR) is 73.5 cm³/mol. The summed E-state index contributed by atoms with van der Waals surface area (Å²) in [6.07, 6.45) is 0. The molecule has 1 amide bonds. The maximum Gasteiger partial charge on any atom is 0.244 e. The molecule has 0 aliphatic heterocycles. The van der Waals surface area contributed by atoms with Crippen LogP contribution in [0.3, 0.4) is 0 Å². The van der Waals surface area contributed by atoms with E-state index in [0.29, 0.717) is 5.69 Å². The average molecular weight is 245 g/mol. The van der Waals surface area contributed by atoms with Crippen molar-refractivity contribution >= 4 is 17.3 Å². The van der Waals surface area contributed by atoms with Crippen LogP contribution < -0.4 is 10.2 Å². The topological polar surface area (TPSA) is 56.1 Å². The zero-order valence-electron chi connectivity index (χ0n) is 11.5. The van der Waals surface area contributed by atoms with Gasteiger partial charge in [0.15, 0.2) is 0 Å². The molecule has 4 nitrogen and oxygen atoms in total. The van der Waals surface area contributed by atoms with Gasteiger partial charge in [0.25, 0.3) is 0 Å². The first-order chi connectivity index (χ1) is 8.27. The van der Waals surface area contributed by atoms with Crippen molar-refractivity contribution < 1.29 is 4.79 Å². The van der Waals surface area contributed by atoms with E-state index >= 15 is 0 Å². The van der Waals surface area contributed by atoms with Crippen LogP contribution in [-0.4, -0.2) is 20.0 Å². The average Bonchev–Trinajstić information content (AvgIpc) is 2.31. The van der Waals surface area contributed by atoms with E-state index in [2.05, 4.69) is 5.32 Å². The lowest BCUT2D eigenvalue weighted by Gasteiger charge is -2.19. The molecule has 0 aromatic heterocycles. The number of amides is 1. The molecule has 96 valence electrons. The first-order valence-electron chi connectivity index (χ1n) is 5.78. The number of benzene rings is 1. The van der Waals surface area contributed by atoms with Gasteiger partial charge in [-0.15, -0.1) is 0 Å². The van der Waals surface area contributed by atoms with Gasteiger partial charge in [-0.05, 0) is 38.5 Å². The van der Waals surface area contributed by atoms with Crippen LogP contribution in [0.1, 0.15) is 19.4 Å². The lowest BCUT2D eigenvalue weighted by molar-refractivity contribution is -0.121. The van der Waals surface area contributed by atoms with Crippen molar-refractivity contribution in [3.05, 3.63) is 23.8 Å². The van der Waals surface area contributed by atoms with E-state index in [9.17, 15) is 4.79 Å². The first-order valence-corrected chi connectivity index (χ1v) is 5.78. The van der Waals surface area contributed by atoms with Gasteiger partial charge in [-0.2, -0.15) is 5.26 Å². The molecule has 0 unspecified atom stereocenters. The number of carbonyl (C=O) groups is 1. The monoisotopic (exact) mass is 245 g/mol. The van der Waals surface area contributed by atoms with Crippen molar-refractivity contribution in [3.8, 4) is 6.07 Å². The van der Waals surface area contributed by atoms with E-state index in [-0.39, 0.29) is 5.91 Å². The second kappa shape index (κ2) is 5.09. The minimum atomic E-state index is -1.02. The fourth-order valence-electron chi connectivity index (χ4n) is 1.51. The van der Waals surface area contributed by atoms with Gasteiger partial charge in [-0.3, -0.25) is 4.79 Å². The summed E-state index contributed by atoms with van der Waals surface area (Å²) in [5, 5.41) is 11.7. The molecule has 0 saturated heterocycles. The second-order valence-electron chi connectivity index (χ2n) is 5.09. The molecule has 0 fully saturated rings. The van der Waals surface area contributed by atoms with Crippen LogP contribution in [0.5, 0.6) is 0 Å². The summed E-state index contributed by atoms with van der Waals surface area (Å²) in [6.45, 7) is 5.22. The van der Waals surface area contributed by atoms with E-state index in [1.165, 1.54) is 0 Å². The molecule has 1 N–H and O–H groups in total. The third kappa shape index (κ3) is 3.01. The lowest BCUT2D eigenvalue weighted by atomic mass is 9.94. The highest BCUT2D eigenvalue weighted by Gasteiger charge is 2.27. The molecule has 18 heavy (non-hydrogen) atoms. The number of nitrogens with zero attached hydrogens (tertiary/aromatic N) is 2. The summed E-state index contributed by atoms with van der Waals surface area (Å²) in [5.74, 6) is -0.293. The van der Waals surface area contributed by atoms with Gasteiger partial charge >= 0.3 is 0 Å². The van der Waals surface area contributed by atoms with Gasteiger partial charge in [0.1, 0.15) is 5.41 Å². The van der Waals surface area contributed by atoms with E-state index in [1.807, 2.05) is 50.2 Å². The molecule has 1 rings (SSSR count). The number of nitrogens with one attached hydrogen (secondary N) is 1. The number of rotatable bonds is 3. The third-order valence-electron chi connectivity index (χ3n) is 2.80. The normalized spacial score (nSPS) is 10.7. The molecule has 0 spiro atoms. The summed E-state index contributed by atoms with van der Waals surface area (Å²) < 4.78 is 0. The van der Waals surface area contributed by atoms with Crippen molar-refractivity contribution in [1.29, 1.82) is 5.26 Å². The van der Waals surface area contributed by atoms with E-state index in [4.69, 9.17) is 5.26 Å². The molecule has 0 aliphatic carbocycles. The molecule has 4 heteroatoms. The molecule has 0 saturated carbocycles. The Bertz CT molecular complexity index is 498. The van der Waals surface area contributed by atoms with Crippen molar-refractivity contribution in [2.45, 2.75) is 20.8 Å². The summed E-state index contributed by atoms with van der Waals surface area (Å²) in [7, 11) is 3.90. The number of anilines is 2. The van der Waals surface area contributed by atoms with Crippen molar-refractivity contribution in [1.82, 2.24) is 0 Å². The van der Waals surface area contributed by atoms with Crippen LogP contribution in [0.25, 0.3) is 0 Å². The highest BCUT2D eigenvalue weighted by Crippen LogP contribution is 2.24. The number of carbonyl (C=O) groups excluding carboxylic acids is 1. The van der Waals surface area contributed by atoms with Crippen LogP contribution in [0.4, 0.5) is 11.4 Å². The Morgan fingerprint density at radius 1 is 1.39 bits per heavy atom. The van der Waals surface area contributed by atoms with Gasteiger partial charge in [-0.25, -0.2) is 0 Å². The molecule has 0 heterocycles. The Morgan fingerprint density at radius 3 is 2.50 bits per heavy atom. The van der Waals surface area contributed by atoms with Crippen LogP contribution in [-0.2, 0) is 4.79 Å². The predicted octanol–water partition coefficient (Wildman–Crippen LogP) is 2.55. The van der Waals surface area contributed by atoms with Gasteiger partial charge in [0.05, 0.1) is 6.07 Å². The van der Waals surface area contributed by atoms with Gasteiger partial charge in [0.2, 0.25) is 5.91 Å². The summed E-state index contributed by atoms with van der Waals surface area (Å²) >= 11 is 0.